The lowest BCUT2D eigenvalue weighted by Gasteiger charge is -1.94. The first-order chi connectivity index (χ1) is 5.24. The highest BCUT2D eigenvalue weighted by Gasteiger charge is 1.97. The molecule has 11 heavy (non-hydrogen) atoms. The minimum Gasteiger partial charge on any atom is -0.211 e. The molecule has 0 spiro atoms. The second kappa shape index (κ2) is 3.81. The summed E-state index contributed by atoms with van der Waals surface area (Å²) in [5.41, 5.74) is 0.578. The van der Waals surface area contributed by atoms with Crippen LogP contribution in [0.1, 0.15) is 0 Å². The standard InChI is InChI=1S/C7H3Br2NO/c8-5-1-2-6(9)7(3-5)10-4-11/h1-3H. The first-order valence-corrected chi connectivity index (χ1v) is 4.35. The summed E-state index contributed by atoms with van der Waals surface area (Å²) in [7, 11) is 0. The molecule has 0 aromatic heterocycles. The molecule has 0 aliphatic heterocycles. The number of hydrogen-bond donors (Lipinski definition) is 0. The smallest absolute Gasteiger partial charge is 0.211 e. The Kier molecular flexibility index (Phi) is 3.00. The topological polar surface area (TPSA) is 29.4 Å². The van der Waals surface area contributed by atoms with Crippen molar-refractivity contribution < 1.29 is 4.79 Å². The molecule has 1 aromatic rings. The van der Waals surface area contributed by atoms with Gasteiger partial charge in [0.2, 0.25) is 6.08 Å². The number of benzene rings is 1. The van der Waals surface area contributed by atoms with E-state index in [1.165, 1.54) is 6.08 Å². The van der Waals surface area contributed by atoms with E-state index in [0.29, 0.717) is 5.69 Å². The summed E-state index contributed by atoms with van der Waals surface area (Å²) < 4.78 is 1.67. The SMILES string of the molecule is O=C=Nc1cc(Br)ccc1Br. The number of hydrogen-bond acceptors (Lipinski definition) is 2. The van der Waals surface area contributed by atoms with Gasteiger partial charge in [0.25, 0.3) is 0 Å². The van der Waals surface area contributed by atoms with Crippen molar-refractivity contribution in [3.63, 3.8) is 0 Å². The van der Waals surface area contributed by atoms with Crippen molar-refractivity contribution in [1.82, 2.24) is 0 Å². The highest BCUT2D eigenvalue weighted by Crippen LogP contribution is 2.27. The predicted molar refractivity (Wildman–Crippen MR) is 49.6 cm³/mol. The van der Waals surface area contributed by atoms with Gasteiger partial charge in [0.05, 0.1) is 5.69 Å². The quantitative estimate of drug-likeness (QED) is 0.572. The Labute approximate surface area is 80.6 Å². The lowest BCUT2D eigenvalue weighted by atomic mass is 10.3. The molecule has 0 N–H and O–H groups in total. The van der Waals surface area contributed by atoms with Crippen molar-refractivity contribution >= 4 is 43.6 Å². The molecular formula is C7H3Br2NO. The van der Waals surface area contributed by atoms with Gasteiger partial charge >= 0.3 is 0 Å². The Bertz CT molecular complexity index is 318. The largest absolute Gasteiger partial charge is 0.240 e. The number of halogens is 2. The molecule has 1 aromatic carbocycles. The lowest BCUT2D eigenvalue weighted by Crippen LogP contribution is -1.68. The summed E-state index contributed by atoms with van der Waals surface area (Å²) in [6, 6.07) is 5.39. The van der Waals surface area contributed by atoms with Gasteiger partial charge in [0.1, 0.15) is 0 Å². The third-order valence-corrected chi connectivity index (χ3v) is 2.24. The first-order valence-electron chi connectivity index (χ1n) is 2.77. The first kappa shape index (κ1) is 8.65. The molecule has 0 atom stereocenters. The minimum absolute atomic E-state index is 0.578. The normalized spacial score (nSPS) is 8.91. The van der Waals surface area contributed by atoms with Gasteiger partial charge in [-0.05, 0) is 34.1 Å². The molecule has 0 bridgehead atoms. The predicted octanol–water partition coefficient (Wildman–Crippen LogP) is 3.18. The molecule has 0 radical (unpaired) electrons. The van der Waals surface area contributed by atoms with E-state index in [9.17, 15) is 4.79 Å². The van der Waals surface area contributed by atoms with Crippen molar-refractivity contribution in [3.05, 3.63) is 27.1 Å². The van der Waals surface area contributed by atoms with Crippen LogP contribution in [0.5, 0.6) is 0 Å². The maximum Gasteiger partial charge on any atom is 0.240 e. The van der Waals surface area contributed by atoms with Crippen LogP contribution in [0, 0.1) is 0 Å². The van der Waals surface area contributed by atoms with Gasteiger partial charge in [-0.15, -0.1) is 0 Å². The van der Waals surface area contributed by atoms with Crippen molar-refractivity contribution in [3.8, 4) is 0 Å². The molecule has 0 aliphatic rings. The van der Waals surface area contributed by atoms with E-state index in [1.54, 1.807) is 12.1 Å². The fourth-order valence-electron chi connectivity index (χ4n) is 0.621. The summed E-state index contributed by atoms with van der Waals surface area (Å²) in [6.45, 7) is 0. The van der Waals surface area contributed by atoms with E-state index in [4.69, 9.17) is 0 Å². The van der Waals surface area contributed by atoms with E-state index in [1.807, 2.05) is 6.07 Å². The Morgan fingerprint density at radius 3 is 2.73 bits per heavy atom. The third kappa shape index (κ3) is 2.26. The van der Waals surface area contributed by atoms with Gasteiger partial charge in [-0.1, -0.05) is 15.9 Å². The van der Waals surface area contributed by atoms with Crippen LogP contribution in [0.15, 0.2) is 32.1 Å². The van der Waals surface area contributed by atoms with Crippen LogP contribution in [0.4, 0.5) is 5.69 Å². The molecular weight excluding hydrogens is 274 g/mol. The average Bonchev–Trinajstić information content (AvgIpc) is 1.98. The summed E-state index contributed by atoms with van der Waals surface area (Å²) in [4.78, 5) is 13.4. The number of aliphatic imine (C=N–C) groups is 1. The molecule has 2 nitrogen and oxygen atoms in total. The Morgan fingerprint density at radius 1 is 1.36 bits per heavy atom. The maximum absolute atomic E-state index is 9.91. The fraction of sp³-hybridized carbons (Fsp3) is 0. The third-order valence-electron chi connectivity index (χ3n) is 1.07. The van der Waals surface area contributed by atoms with E-state index < -0.39 is 0 Å². The van der Waals surface area contributed by atoms with Crippen LogP contribution in [-0.4, -0.2) is 6.08 Å². The zero-order valence-corrected chi connectivity index (χ0v) is 8.52. The lowest BCUT2D eigenvalue weighted by molar-refractivity contribution is 0.565. The van der Waals surface area contributed by atoms with E-state index >= 15 is 0 Å². The van der Waals surface area contributed by atoms with Crippen molar-refractivity contribution in [1.29, 1.82) is 0 Å². The number of carbonyl (C=O) groups excluding carboxylic acids is 1. The fourth-order valence-corrected chi connectivity index (χ4v) is 1.30. The van der Waals surface area contributed by atoms with Crippen LogP contribution < -0.4 is 0 Å². The Hall–Kier alpha value is -0.440. The summed E-state index contributed by atoms with van der Waals surface area (Å²) in [5, 5.41) is 0. The van der Waals surface area contributed by atoms with E-state index in [-0.39, 0.29) is 0 Å². The highest BCUT2D eigenvalue weighted by molar-refractivity contribution is 9.11. The van der Waals surface area contributed by atoms with Crippen molar-refractivity contribution in [2.24, 2.45) is 4.99 Å². The average molecular weight is 277 g/mol. The second-order valence-corrected chi connectivity index (χ2v) is 3.57. The summed E-state index contributed by atoms with van der Waals surface area (Å²) >= 11 is 6.49. The molecule has 56 valence electrons. The number of rotatable bonds is 1. The number of isocyanates is 1. The maximum atomic E-state index is 9.91. The van der Waals surface area contributed by atoms with Gasteiger partial charge in [-0.2, -0.15) is 4.99 Å². The van der Waals surface area contributed by atoms with Gasteiger partial charge < -0.3 is 0 Å². The van der Waals surface area contributed by atoms with Crippen LogP contribution in [0.25, 0.3) is 0 Å². The zero-order valence-electron chi connectivity index (χ0n) is 5.34. The van der Waals surface area contributed by atoms with Crippen LogP contribution in [-0.2, 0) is 4.79 Å². The monoisotopic (exact) mass is 275 g/mol. The number of nitrogens with zero attached hydrogens (tertiary/aromatic N) is 1. The highest BCUT2D eigenvalue weighted by atomic mass is 79.9. The van der Waals surface area contributed by atoms with Gasteiger partial charge in [-0.3, -0.25) is 0 Å². The second-order valence-electron chi connectivity index (χ2n) is 1.80. The molecule has 0 aliphatic carbocycles. The molecule has 1 rings (SSSR count). The molecule has 0 saturated heterocycles. The van der Waals surface area contributed by atoms with Crippen LogP contribution >= 0.6 is 31.9 Å². The van der Waals surface area contributed by atoms with Gasteiger partial charge in [0.15, 0.2) is 0 Å². The Balaban J connectivity index is 3.22. The molecule has 0 heterocycles. The molecule has 4 heteroatoms. The molecule has 0 amide bonds. The summed E-state index contributed by atoms with van der Waals surface area (Å²) in [5.74, 6) is 0. The van der Waals surface area contributed by atoms with E-state index in [2.05, 4.69) is 36.9 Å². The van der Waals surface area contributed by atoms with Crippen LogP contribution in [0.2, 0.25) is 0 Å². The summed E-state index contributed by atoms with van der Waals surface area (Å²) in [6.07, 6.45) is 1.48. The van der Waals surface area contributed by atoms with Gasteiger partial charge in [0, 0.05) is 8.95 Å². The zero-order chi connectivity index (χ0) is 8.27. The van der Waals surface area contributed by atoms with Crippen LogP contribution in [0.3, 0.4) is 0 Å². The van der Waals surface area contributed by atoms with Crippen molar-refractivity contribution in [2.45, 2.75) is 0 Å². The molecule has 0 fully saturated rings. The Morgan fingerprint density at radius 2 is 2.09 bits per heavy atom. The molecule has 0 saturated carbocycles. The van der Waals surface area contributed by atoms with E-state index in [0.717, 1.165) is 8.95 Å². The minimum atomic E-state index is 0.578. The van der Waals surface area contributed by atoms with Crippen molar-refractivity contribution in [2.75, 3.05) is 0 Å². The van der Waals surface area contributed by atoms with Gasteiger partial charge in [-0.25, -0.2) is 4.79 Å². The molecule has 0 unspecified atom stereocenters.